The summed E-state index contributed by atoms with van der Waals surface area (Å²) in [6, 6.07) is 11.6. The fourth-order valence-corrected chi connectivity index (χ4v) is 5.14. The first-order valence-corrected chi connectivity index (χ1v) is 12.5. The summed E-state index contributed by atoms with van der Waals surface area (Å²) < 4.78 is 40.1. The Kier molecular flexibility index (Phi) is 7.41. The zero-order valence-electron chi connectivity index (χ0n) is 20.4. The quantitative estimate of drug-likeness (QED) is 0.421. The maximum absolute atomic E-state index is 13.6. The topological polar surface area (TPSA) is 97.0 Å². The Morgan fingerprint density at radius 3 is 2.24 bits per heavy atom. The molecular formula is C26H31NO6S. The highest BCUT2D eigenvalue weighted by atomic mass is 32.2. The van der Waals surface area contributed by atoms with Crippen molar-refractivity contribution in [3.63, 3.8) is 0 Å². The van der Waals surface area contributed by atoms with Crippen molar-refractivity contribution in [1.29, 1.82) is 0 Å². The van der Waals surface area contributed by atoms with Crippen molar-refractivity contribution in [2.75, 3.05) is 10.8 Å². The maximum atomic E-state index is 13.6. The monoisotopic (exact) mass is 485 g/mol. The minimum Gasteiger partial charge on any atom is -0.487 e. The van der Waals surface area contributed by atoms with E-state index >= 15 is 0 Å². The minimum absolute atomic E-state index is 0.0473. The number of aromatic carboxylic acids is 1. The summed E-state index contributed by atoms with van der Waals surface area (Å²) in [6.07, 6.45) is 0. The lowest BCUT2D eigenvalue weighted by atomic mass is 10.1. The van der Waals surface area contributed by atoms with Crippen molar-refractivity contribution in [2.45, 2.75) is 53.2 Å². The average Bonchev–Trinajstić information content (AvgIpc) is 3.20. The predicted octanol–water partition coefficient (Wildman–Crippen LogP) is 5.64. The number of carboxylic acids is 1. The highest BCUT2D eigenvalue weighted by Crippen LogP contribution is 2.36. The molecule has 0 radical (unpaired) electrons. The van der Waals surface area contributed by atoms with Crippen LogP contribution in [0.1, 0.15) is 52.2 Å². The van der Waals surface area contributed by atoms with Crippen molar-refractivity contribution in [3.05, 3.63) is 76.0 Å². The number of furan rings is 1. The van der Waals surface area contributed by atoms with E-state index in [0.717, 1.165) is 22.3 Å². The van der Waals surface area contributed by atoms with Crippen LogP contribution in [0.25, 0.3) is 0 Å². The van der Waals surface area contributed by atoms with Gasteiger partial charge in [-0.05, 0) is 92.3 Å². The fraction of sp³-hybridized carbons (Fsp3) is 0.346. The van der Waals surface area contributed by atoms with E-state index in [1.54, 1.807) is 25.1 Å². The predicted molar refractivity (Wildman–Crippen MR) is 131 cm³/mol. The summed E-state index contributed by atoms with van der Waals surface area (Å²) in [6.45, 7) is 11.7. The Balaban J connectivity index is 2.04. The van der Waals surface area contributed by atoms with E-state index in [1.807, 2.05) is 46.8 Å². The molecule has 1 aromatic heterocycles. The van der Waals surface area contributed by atoms with Crippen molar-refractivity contribution in [1.82, 2.24) is 0 Å². The van der Waals surface area contributed by atoms with E-state index in [1.165, 1.54) is 16.4 Å². The van der Waals surface area contributed by atoms with Crippen LogP contribution in [0.15, 0.2) is 52.0 Å². The van der Waals surface area contributed by atoms with Crippen molar-refractivity contribution >= 4 is 21.7 Å². The van der Waals surface area contributed by atoms with E-state index in [2.05, 4.69) is 0 Å². The van der Waals surface area contributed by atoms with Crippen LogP contribution in [-0.4, -0.2) is 26.0 Å². The zero-order chi connectivity index (χ0) is 25.2. The molecule has 34 heavy (non-hydrogen) atoms. The first-order chi connectivity index (χ1) is 15.9. The van der Waals surface area contributed by atoms with Crippen LogP contribution in [0.5, 0.6) is 5.75 Å². The second-order valence-electron chi connectivity index (χ2n) is 8.93. The number of ether oxygens (including phenoxy) is 1. The standard InChI is InChI=1S/C26H31NO6S/c1-16(2)14-27(34(30,31)25-10-7-20(6)33-25)23-12-17(3)18(4)13-24(23)32-15-22-9-8-21(26(28)29)11-19(22)5/h7-13,16H,14-15H2,1-6H3,(H,28,29). The van der Waals surface area contributed by atoms with Gasteiger partial charge >= 0.3 is 5.97 Å². The van der Waals surface area contributed by atoms with Gasteiger partial charge < -0.3 is 14.3 Å². The summed E-state index contributed by atoms with van der Waals surface area (Å²) >= 11 is 0. The highest BCUT2D eigenvalue weighted by molar-refractivity contribution is 7.92. The number of benzene rings is 2. The molecule has 0 saturated carbocycles. The lowest BCUT2D eigenvalue weighted by Crippen LogP contribution is -2.34. The molecule has 182 valence electrons. The third-order valence-corrected chi connectivity index (χ3v) is 7.26. The first-order valence-electron chi connectivity index (χ1n) is 11.1. The average molecular weight is 486 g/mol. The van der Waals surface area contributed by atoms with E-state index in [4.69, 9.17) is 9.15 Å². The molecule has 8 heteroatoms. The van der Waals surface area contributed by atoms with Gasteiger partial charge in [-0.25, -0.2) is 4.79 Å². The summed E-state index contributed by atoms with van der Waals surface area (Å²) in [4.78, 5) is 11.2. The van der Waals surface area contributed by atoms with Crippen molar-refractivity contribution in [2.24, 2.45) is 5.92 Å². The van der Waals surface area contributed by atoms with Crippen LogP contribution in [0.2, 0.25) is 0 Å². The molecule has 0 atom stereocenters. The number of aryl methyl sites for hydroxylation is 4. The number of sulfonamides is 1. The van der Waals surface area contributed by atoms with Gasteiger partial charge in [0.1, 0.15) is 18.1 Å². The molecule has 7 nitrogen and oxygen atoms in total. The molecular weight excluding hydrogens is 454 g/mol. The molecule has 0 spiro atoms. The Hall–Kier alpha value is -3.26. The number of anilines is 1. The number of nitrogens with zero attached hydrogens (tertiary/aromatic N) is 1. The molecule has 0 fully saturated rings. The normalized spacial score (nSPS) is 11.6. The van der Waals surface area contributed by atoms with Crippen LogP contribution in [0.4, 0.5) is 5.69 Å². The molecule has 3 rings (SSSR count). The number of hydrogen-bond acceptors (Lipinski definition) is 5. The Labute approximate surface area is 201 Å². The molecule has 0 bridgehead atoms. The van der Waals surface area contributed by atoms with Gasteiger partial charge in [0.05, 0.1) is 11.3 Å². The fourth-order valence-electron chi connectivity index (χ4n) is 3.55. The third kappa shape index (κ3) is 5.44. The molecule has 0 unspecified atom stereocenters. The van der Waals surface area contributed by atoms with Crippen LogP contribution < -0.4 is 9.04 Å². The molecule has 2 aromatic carbocycles. The van der Waals surface area contributed by atoms with Crippen molar-refractivity contribution in [3.8, 4) is 5.75 Å². The largest absolute Gasteiger partial charge is 0.487 e. The first kappa shape index (κ1) is 25.4. The maximum Gasteiger partial charge on any atom is 0.335 e. The smallest absolute Gasteiger partial charge is 0.335 e. The van der Waals surface area contributed by atoms with Crippen LogP contribution in [-0.2, 0) is 16.6 Å². The summed E-state index contributed by atoms with van der Waals surface area (Å²) in [5.41, 5.74) is 4.13. The van der Waals surface area contributed by atoms with E-state index < -0.39 is 16.0 Å². The minimum atomic E-state index is -3.97. The van der Waals surface area contributed by atoms with Gasteiger partial charge in [-0.3, -0.25) is 4.31 Å². The number of hydrogen-bond donors (Lipinski definition) is 1. The number of rotatable bonds is 9. The summed E-state index contributed by atoms with van der Waals surface area (Å²) in [5.74, 6) is -0.00181. The lowest BCUT2D eigenvalue weighted by Gasteiger charge is -2.28. The van der Waals surface area contributed by atoms with Crippen LogP contribution in [0, 0.1) is 33.6 Å². The van der Waals surface area contributed by atoms with Gasteiger partial charge in [0.2, 0.25) is 5.09 Å². The van der Waals surface area contributed by atoms with Gasteiger partial charge in [0.25, 0.3) is 10.0 Å². The Morgan fingerprint density at radius 1 is 1.00 bits per heavy atom. The van der Waals surface area contributed by atoms with Crippen molar-refractivity contribution < 1.29 is 27.5 Å². The van der Waals surface area contributed by atoms with Crippen LogP contribution in [0.3, 0.4) is 0 Å². The molecule has 1 N–H and O–H groups in total. The van der Waals surface area contributed by atoms with Gasteiger partial charge in [-0.1, -0.05) is 19.9 Å². The van der Waals surface area contributed by atoms with E-state index in [9.17, 15) is 18.3 Å². The SMILES string of the molecule is Cc1ccc(S(=O)(=O)N(CC(C)C)c2cc(C)c(C)cc2OCc2ccc(C(=O)O)cc2C)o1. The second kappa shape index (κ2) is 9.93. The van der Waals surface area contributed by atoms with E-state index in [-0.39, 0.29) is 29.7 Å². The molecule has 3 aromatic rings. The van der Waals surface area contributed by atoms with Gasteiger partial charge in [-0.15, -0.1) is 0 Å². The number of carboxylic acid groups (broad SMARTS) is 1. The van der Waals surface area contributed by atoms with Gasteiger partial charge in [0.15, 0.2) is 0 Å². The Bertz CT molecular complexity index is 1310. The van der Waals surface area contributed by atoms with Crippen LogP contribution >= 0.6 is 0 Å². The molecule has 0 saturated heterocycles. The third-order valence-electron chi connectivity index (χ3n) is 5.61. The number of carbonyl (C=O) groups is 1. The highest BCUT2D eigenvalue weighted by Gasteiger charge is 2.31. The summed E-state index contributed by atoms with van der Waals surface area (Å²) in [7, 11) is -3.97. The molecule has 0 aliphatic heterocycles. The summed E-state index contributed by atoms with van der Waals surface area (Å²) in [5, 5.41) is 9.09. The van der Waals surface area contributed by atoms with E-state index in [0.29, 0.717) is 17.2 Å². The Morgan fingerprint density at radius 2 is 1.68 bits per heavy atom. The van der Waals surface area contributed by atoms with Gasteiger partial charge in [0, 0.05) is 6.54 Å². The second-order valence-corrected chi connectivity index (χ2v) is 10.7. The van der Waals surface area contributed by atoms with Gasteiger partial charge in [-0.2, -0.15) is 8.42 Å². The molecule has 0 amide bonds. The molecule has 1 heterocycles. The lowest BCUT2D eigenvalue weighted by molar-refractivity contribution is 0.0696. The zero-order valence-corrected chi connectivity index (χ0v) is 21.2. The molecule has 0 aliphatic carbocycles. The molecule has 0 aliphatic rings.